The minimum absolute atomic E-state index is 0.160. The van der Waals surface area contributed by atoms with Crippen molar-refractivity contribution in [2.45, 2.75) is 19.4 Å². The first-order valence-electron chi connectivity index (χ1n) is 5.05. The minimum atomic E-state index is -0.217. The third-order valence-corrected chi connectivity index (χ3v) is 3.19. The van der Waals surface area contributed by atoms with E-state index in [9.17, 15) is 4.39 Å². The molecule has 2 aromatic rings. The van der Waals surface area contributed by atoms with Gasteiger partial charge in [0.15, 0.2) is 0 Å². The number of benzene rings is 1. The Bertz CT molecular complexity index is 468. The zero-order valence-corrected chi connectivity index (χ0v) is 9.80. The number of thiazole rings is 1. The Hall–Kier alpha value is -1.26. The van der Waals surface area contributed by atoms with Crippen LogP contribution in [0.5, 0.6) is 0 Å². The topological polar surface area (TPSA) is 38.9 Å². The molecule has 4 heteroatoms. The summed E-state index contributed by atoms with van der Waals surface area (Å²) in [5, 5.41) is 1.93. The highest BCUT2D eigenvalue weighted by molar-refractivity contribution is 7.07. The molecule has 0 aliphatic rings. The summed E-state index contributed by atoms with van der Waals surface area (Å²) in [4.78, 5) is 4.16. The molecule has 1 aromatic carbocycles. The molecule has 0 amide bonds. The van der Waals surface area contributed by atoms with Crippen molar-refractivity contribution in [3.05, 3.63) is 51.7 Å². The quantitative estimate of drug-likeness (QED) is 0.890. The zero-order valence-electron chi connectivity index (χ0n) is 8.98. The third-order valence-electron chi connectivity index (χ3n) is 2.58. The van der Waals surface area contributed by atoms with Gasteiger partial charge in [-0.15, -0.1) is 11.3 Å². The van der Waals surface area contributed by atoms with Crippen LogP contribution in [0, 0.1) is 12.7 Å². The summed E-state index contributed by atoms with van der Waals surface area (Å²) in [6.07, 6.45) is 0.618. The normalized spacial score (nSPS) is 12.7. The maximum atomic E-state index is 13.1. The Labute approximate surface area is 97.9 Å². The number of nitrogens with two attached hydrogens (primary N) is 1. The van der Waals surface area contributed by atoms with Crippen LogP contribution in [-0.2, 0) is 6.42 Å². The Kier molecular flexibility index (Phi) is 3.31. The van der Waals surface area contributed by atoms with E-state index in [4.69, 9.17) is 5.73 Å². The van der Waals surface area contributed by atoms with Gasteiger partial charge in [-0.05, 0) is 36.6 Å². The van der Waals surface area contributed by atoms with Gasteiger partial charge >= 0.3 is 0 Å². The van der Waals surface area contributed by atoms with Crippen LogP contribution < -0.4 is 5.73 Å². The van der Waals surface area contributed by atoms with Gasteiger partial charge in [-0.3, -0.25) is 0 Å². The molecule has 16 heavy (non-hydrogen) atoms. The lowest BCUT2D eigenvalue weighted by molar-refractivity contribution is 0.620. The number of halogens is 1. The van der Waals surface area contributed by atoms with Gasteiger partial charge in [0.25, 0.3) is 0 Å². The molecule has 0 radical (unpaired) electrons. The highest BCUT2D eigenvalue weighted by Crippen LogP contribution is 2.19. The van der Waals surface area contributed by atoms with Crippen molar-refractivity contribution in [2.75, 3.05) is 0 Å². The first-order chi connectivity index (χ1) is 7.66. The highest BCUT2D eigenvalue weighted by atomic mass is 32.1. The van der Waals surface area contributed by atoms with E-state index in [1.165, 1.54) is 17.4 Å². The Morgan fingerprint density at radius 2 is 2.31 bits per heavy atom. The molecular weight excluding hydrogens is 223 g/mol. The van der Waals surface area contributed by atoms with E-state index >= 15 is 0 Å². The lowest BCUT2D eigenvalue weighted by atomic mass is 10.00. The van der Waals surface area contributed by atoms with E-state index in [0.717, 1.165) is 16.8 Å². The molecule has 0 bridgehead atoms. The summed E-state index contributed by atoms with van der Waals surface area (Å²) < 4.78 is 13.1. The molecule has 1 atom stereocenters. The summed E-state index contributed by atoms with van der Waals surface area (Å²) in [5.74, 6) is -0.217. The molecule has 1 heterocycles. The van der Waals surface area contributed by atoms with Crippen molar-refractivity contribution >= 4 is 11.3 Å². The van der Waals surface area contributed by atoms with E-state index in [1.807, 2.05) is 12.3 Å². The molecule has 1 aromatic heterocycles. The predicted molar refractivity (Wildman–Crippen MR) is 63.9 cm³/mol. The van der Waals surface area contributed by atoms with E-state index in [0.29, 0.717) is 6.42 Å². The van der Waals surface area contributed by atoms with Crippen molar-refractivity contribution in [3.63, 3.8) is 0 Å². The molecule has 1 unspecified atom stereocenters. The highest BCUT2D eigenvalue weighted by Gasteiger charge is 2.11. The fraction of sp³-hybridized carbons (Fsp3) is 0.250. The third kappa shape index (κ3) is 2.46. The average Bonchev–Trinajstić information content (AvgIpc) is 2.76. The molecule has 0 aliphatic heterocycles. The van der Waals surface area contributed by atoms with Crippen LogP contribution in [-0.4, -0.2) is 4.98 Å². The number of aryl methyl sites for hydroxylation is 1. The van der Waals surface area contributed by atoms with Crippen molar-refractivity contribution in [1.29, 1.82) is 0 Å². The first kappa shape index (κ1) is 11.2. The standard InChI is InChI=1S/C12H13FN2S/c1-8-2-3-10(13)4-9(8)5-11(14)12-6-16-7-15-12/h2-4,6-7,11H,5,14H2,1H3. The molecule has 2 N–H and O–H groups in total. The van der Waals surface area contributed by atoms with Crippen molar-refractivity contribution in [2.24, 2.45) is 5.73 Å². The second-order valence-electron chi connectivity index (χ2n) is 3.79. The van der Waals surface area contributed by atoms with Gasteiger partial charge in [0, 0.05) is 5.38 Å². The first-order valence-corrected chi connectivity index (χ1v) is 6.00. The minimum Gasteiger partial charge on any atom is -0.322 e. The second kappa shape index (κ2) is 4.72. The summed E-state index contributed by atoms with van der Waals surface area (Å²) in [6, 6.07) is 4.62. The number of hydrogen-bond donors (Lipinski definition) is 1. The Balaban J connectivity index is 2.17. The number of hydrogen-bond acceptors (Lipinski definition) is 3. The van der Waals surface area contributed by atoms with Crippen molar-refractivity contribution in [3.8, 4) is 0 Å². The molecule has 0 saturated carbocycles. The van der Waals surface area contributed by atoms with Gasteiger partial charge in [-0.1, -0.05) is 6.07 Å². The van der Waals surface area contributed by atoms with Crippen LogP contribution in [0.4, 0.5) is 4.39 Å². The van der Waals surface area contributed by atoms with Crippen LogP contribution in [0.1, 0.15) is 22.9 Å². The van der Waals surface area contributed by atoms with Gasteiger partial charge < -0.3 is 5.73 Å². The fourth-order valence-corrected chi connectivity index (χ4v) is 2.22. The van der Waals surface area contributed by atoms with Crippen molar-refractivity contribution in [1.82, 2.24) is 4.98 Å². The lowest BCUT2D eigenvalue weighted by Gasteiger charge is -2.11. The predicted octanol–water partition coefficient (Wildman–Crippen LogP) is 2.83. The number of aromatic nitrogens is 1. The lowest BCUT2D eigenvalue weighted by Crippen LogP contribution is -2.14. The van der Waals surface area contributed by atoms with Gasteiger partial charge in [0.1, 0.15) is 5.82 Å². The molecule has 0 fully saturated rings. The summed E-state index contributed by atoms with van der Waals surface area (Å²) in [7, 11) is 0. The van der Waals surface area contributed by atoms with Crippen LogP contribution in [0.25, 0.3) is 0 Å². The fourth-order valence-electron chi connectivity index (χ4n) is 1.61. The van der Waals surface area contributed by atoms with E-state index < -0.39 is 0 Å². The SMILES string of the molecule is Cc1ccc(F)cc1CC(N)c1cscn1. The van der Waals surface area contributed by atoms with Gasteiger partial charge in [0.05, 0.1) is 17.2 Å². The van der Waals surface area contributed by atoms with Crippen LogP contribution in [0.15, 0.2) is 29.1 Å². The summed E-state index contributed by atoms with van der Waals surface area (Å²) in [6.45, 7) is 1.96. The molecule has 84 valence electrons. The largest absolute Gasteiger partial charge is 0.322 e. The maximum Gasteiger partial charge on any atom is 0.123 e. The van der Waals surface area contributed by atoms with E-state index in [-0.39, 0.29) is 11.9 Å². The van der Waals surface area contributed by atoms with Gasteiger partial charge in [0.2, 0.25) is 0 Å². The van der Waals surface area contributed by atoms with E-state index in [1.54, 1.807) is 17.6 Å². The maximum absolute atomic E-state index is 13.1. The van der Waals surface area contributed by atoms with Crippen LogP contribution in [0.3, 0.4) is 0 Å². The molecular formula is C12H13FN2S. The smallest absolute Gasteiger partial charge is 0.123 e. The van der Waals surface area contributed by atoms with Crippen LogP contribution in [0.2, 0.25) is 0 Å². The van der Waals surface area contributed by atoms with Crippen molar-refractivity contribution < 1.29 is 4.39 Å². The zero-order chi connectivity index (χ0) is 11.5. The molecule has 2 nitrogen and oxygen atoms in total. The van der Waals surface area contributed by atoms with Gasteiger partial charge in [-0.25, -0.2) is 9.37 Å². The summed E-state index contributed by atoms with van der Waals surface area (Å²) in [5.41, 5.74) is 10.6. The average molecular weight is 236 g/mol. The molecule has 0 aliphatic carbocycles. The van der Waals surface area contributed by atoms with Gasteiger partial charge in [-0.2, -0.15) is 0 Å². The Morgan fingerprint density at radius 1 is 1.50 bits per heavy atom. The second-order valence-corrected chi connectivity index (χ2v) is 4.51. The molecule has 0 spiro atoms. The monoisotopic (exact) mass is 236 g/mol. The Morgan fingerprint density at radius 3 is 3.00 bits per heavy atom. The van der Waals surface area contributed by atoms with Crippen LogP contribution >= 0.6 is 11.3 Å². The summed E-state index contributed by atoms with van der Waals surface area (Å²) >= 11 is 1.52. The number of nitrogens with zero attached hydrogens (tertiary/aromatic N) is 1. The number of rotatable bonds is 3. The van der Waals surface area contributed by atoms with E-state index in [2.05, 4.69) is 4.98 Å². The molecule has 0 saturated heterocycles. The molecule has 2 rings (SSSR count).